The lowest BCUT2D eigenvalue weighted by atomic mass is 9.80. The molecule has 0 amide bonds. The van der Waals surface area contributed by atoms with Crippen LogP contribution < -0.4 is 0 Å². The van der Waals surface area contributed by atoms with Gasteiger partial charge in [0.2, 0.25) is 0 Å². The van der Waals surface area contributed by atoms with Gasteiger partial charge in [-0.25, -0.2) is 4.79 Å². The fourth-order valence-corrected chi connectivity index (χ4v) is 3.27. The first-order valence-electron chi connectivity index (χ1n) is 9.00. The van der Waals surface area contributed by atoms with Crippen molar-refractivity contribution in [2.45, 2.75) is 33.6 Å². The van der Waals surface area contributed by atoms with E-state index in [1.807, 2.05) is 24.3 Å². The molecule has 2 atom stereocenters. The molecule has 0 radical (unpaired) electrons. The zero-order valence-electron chi connectivity index (χ0n) is 16.1. The third-order valence-corrected chi connectivity index (χ3v) is 5.54. The number of methoxy groups -OCH3 is 1. The number of hydrogen-bond donors (Lipinski definition) is 0. The largest absolute Gasteiger partial charge is 0.466 e. The number of carbonyl (C=O) groups is 1. The predicted octanol–water partition coefficient (Wildman–Crippen LogP) is 6.59. The molecule has 0 unspecified atom stereocenters. The lowest BCUT2D eigenvalue weighted by Crippen LogP contribution is -2.12. The van der Waals surface area contributed by atoms with Gasteiger partial charge in [-0.1, -0.05) is 75.7 Å². The SMILES string of the molecule is COC(=O)/C=C/c1cc([C@H](C)[C@@H](C)C(C)C)ccc1-c1ccccc1Cl. The van der Waals surface area contributed by atoms with E-state index < -0.39 is 0 Å². The number of esters is 1. The number of benzene rings is 2. The summed E-state index contributed by atoms with van der Waals surface area (Å²) in [5, 5.41) is 0.691. The monoisotopic (exact) mass is 370 g/mol. The fraction of sp³-hybridized carbons (Fsp3) is 0.348. The molecular formula is C23H27ClO2. The van der Waals surface area contributed by atoms with E-state index in [9.17, 15) is 4.79 Å². The van der Waals surface area contributed by atoms with Gasteiger partial charge in [0.05, 0.1) is 7.11 Å². The maximum atomic E-state index is 11.6. The van der Waals surface area contributed by atoms with Gasteiger partial charge in [-0.2, -0.15) is 0 Å². The molecule has 2 aromatic rings. The van der Waals surface area contributed by atoms with E-state index in [-0.39, 0.29) is 5.97 Å². The molecular weight excluding hydrogens is 344 g/mol. The van der Waals surface area contributed by atoms with Gasteiger partial charge in [-0.05, 0) is 46.6 Å². The van der Waals surface area contributed by atoms with E-state index >= 15 is 0 Å². The highest BCUT2D eigenvalue weighted by atomic mass is 35.5. The summed E-state index contributed by atoms with van der Waals surface area (Å²) < 4.78 is 4.74. The average molecular weight is 371 g/mol. The summed E-state index contributed by atoms with van der Waals surface area (Å²) in [5.74, 6) is 1.20. The third kappa shape index (κ3) is 4.76. The Bertz CT molecular complexity index is 793. The maximum Gasteiger partial charge on any atom is 0.330 e. The molecule has 2 rings (SSSR count). The van der Waals surface area contributed by atoms with Crippen LogP contribution in [-0.4, -0.2) is 13.1 Å². The second-order valence-electron chi connectivity index (χ2n) is 7.07. The first kappa shape index (κ1) is 20.3. The highest BCUT2D eigenvalue weighted by Crippen LogP contribution is 2.35. The van der Waals surface area contributed by atoms with Crippen molar-refractivity contribution in [2.24, 2.45) is 11.8 Å². The molecule has 3 heteroatoms. The van der Waals surface area contributed by atoms with E-state index in [1.165, 1.54) is 18.7 Å². The Morgan fingerprint density at radius 1 is 1.04 bits per heavy atom. The van der Waals surface area contributed by atoms with Crippen molar-refractivity contribution >= 4 is 23.6 Å². The highest BCUT2D eigenvalue weighted by molar-refractivity contribution is 6.33. The third-order valence-electron chi connectivity index (χ3n) is 5.21. The normalized spacial score (nSPS) is 13.8. The fourth-order valence-electron chi connectivity index (χ4n) is 3.03. The summed E-state index contributed by atoms with van der Waals surface area (Å²) in [6.07, 6.45) is 3.26. The van der Waals surface area contributed by atoms with Crippen molar-refractivity contribution in [3.63, 3.8) is 0 Å². The average Bonchev–Trinajstić information content (AvgIpc) is 2.65. The van der Waals surface area contributed by atoms with Gasteiger partial charge in [0.1, 0.15) is 0 Å². The molecule has 26 heavy (non-hydrogen) atoms. The second-order valence-corrected chi connectivity index (χ2v) is 7.48. The van der Waals surface area contributed by atoms with E-state index in [0.29, 0.717) is 22.8 Å². The number of rotatable bonds is 6. The van der Waals surface area contributed by atoms with Crippen molar-refractivity contribution in [1.29, 1.82) is 0 Å². The molecule has 0 fully saturated rings. The van der Waals surface area contributed by atoms with Gasteiger partial charge >= 0.3 is 5.97 Å². The van der Waals surface area contributed by atoms with Crippen LogP contribution in [0.15, 0.2) is 48.5 Å². The zero-order chi connectivity index (χ0) is 19.3. The molecule has 138 valence electrons. The smallest absolute Gasteiger partial charge is 0.330 e. The zero-order valence-corrected chi connectivity index (χ0v) is 16.9. The molecule has 0 N–H and O–H groups in total. The predicted molar refractivity (Wildman–Crippen MR) is 110 cm³/mol. The van der Waals surface area contributed by atoms with Crippen LogP contribution in [0, 0.1) is 11.8 Å². The minimum atomic E-state index is -0.371. The number of halogens is 1. The second kappa shape index (κ2) is 9.05. The Hall–Kier alpha value is -2.06. The molecule has 2 aromatic carbocycles. The van der Waals surface area contributed by atoms with Gasteiger partial charge in [0.25, 0.3) is 0 Å². The van der Waals surface area contributed by atoms with Crippen LogP contribution in [0.2, 0.25) is 5.02 Å². The Labute approximate surface area is 161 Å². The summed E-state index contributed by atoms with van der Waals surface area (Å²) in [7, 11) is 1.38. The van der Waals surface area contributed by atoms with Crippen LogP contribution in [0.5, 0.6) is 0 Å². The summed E-state index contributed by atoms with van der Waals surface area (Å²) in [4.78, 5) is 11.6. The summed E-state index contributed by atoms with van der Waals surface area (Å²) >= 11 is 6.40. The Balaban J connectivity index is 2.53. The molecule has 0 aromatic heterocycles. The van der Waals surface area contributed by atoms with Crippen LogP contribution in [0.3, 0.4) is 0 Å². The van der Waals surface area contributed by atoms with Gasteiger partial charge in [0, 0.05) is 16.7 Å². The molecule has 2 nitrogen and oxygen atoms in total. The van der Waals surface area contributed by atoms with Crippen molar-refractivity contribution in [1.82, 2.24) is 0 Å². The van der Waals surface area contributed by atoms with E-state index in [4.69, 9.17) is 16.3 Å². The summed E-state index contributed by atoms with van der Waals surface area (Å²) in [6, 6.07) is 14.2. The van der Waals surface area contributed by atoms with Gasteiger partial charge < -0.3 is 4.74 Å². The quantitative estimate of drug-likeness (QED) is 0.423. The minimum Gasteiger partial charge on any atom is -0.466 e. The van der Waals surface area contributed by atoms with Crippen LogP contribution >= 0.6 is 11.6 Å². The molecule has 0 spiro atoms. The van der Waals surface area contributed by atoms with Crippen molar-refractivity contribution in [3.05, 3.63) is 64.7 Å². The number of ether oxygens (including phenoxy) is 1. The van der Waals surface area contributed by atoms with E-state index in [1.54, 1.807) is 6.08 Å². The van der Waals surface area contributed by atoms with E-state index in [0.717, 1.165) is 16.7 Å². The highest BCUT2D eigenvalue weighted by Gasteiger charge is 2.19. The van der Waals surface area contributed by atoms with Gasteiger partial charge in [-0.3, -0.25) is 0 Å². The van der Waals surface area contributed by atoms with E-state index in [2.05, 4.69) is 45.9 Å². The first-order chi connectivity index (χ1) is 12.3. The van der Waals surface area contributed by atoms with Crippen molar-refractivity contribution in [2.75, 3.05) is 7.11 Å². The Kier molecular flexibility index (Phi) is 7.05. The van der Waals surface area contributed by atoms with Crippen LogP contribution in [0.1, 0.15) is 44.7 Å². The van der Waals surface area contributed by atoms with Crippen LogP contribution in [0.25, 0.3) is 17.2 Å². The minimum absolute atomic E-state index is 0.371. The molecule has 0 heterocycles. The standard InChI is InChI=1S/C23H27ClO2/c1-15(2)16(3)17(4)18-10-12-20(21-8-6-7-9-22(21)24)19(14-18)11-13-23(25)26-5/h6-17H,1-5H3/b13-11+/t16-,17+/m0/s1. The maximum absolute atomic E-state index is 11.6. The molecule has 0 aliphatic carbocycles. The lowest BCUT2D eigenvalue weighted by Gasteiger charge is -2.24. The Morgan fingerprint density at radius 2 is 1.73 bits per heavy atom. The van der Waals surface area contributed by atoms with Crippen LogP contribution in [-0.2, 0) is 9.53 Å². The molecule has 0 aliphatic rings. The molecule has 0 saturated heterocycles. The van der Waals surface area contributed by atoms with Gasteiger partial charge in [0.15, 0.2) is 0 Å². The number of hydrogen-bond acceptors (Lipinski definition) is 2. The van der Waals surface area contributed by atoms with Crippen LogP contribution in [0.4, 0.5) is 0 Å². The molecule has 0 saturated carbocycles. The topological polar surface area (TPSA) is 26.3 Å². The first-order valence-corrected chi connectivity index (χ1v) is 9.37. The summed E-state index contributed by atoms with van der Waals surface area (Å²) in [6.45, 7) is 9.03. The number of carbonyl (C=O) groups excluding carboxylic acids is 1. The molecule has 0 bridgehead atoms. The summed E-state index contributed by atoms with van der Waals surface area (Å²) in [5.41, 5.74) is 4.18. The van der Waals surface area contributed by atoms with Crippen molar-refractivity contribution < 1.29 is 9.53 Å². The molecule has 0 aliphatic heterocycles. The lowest BCUT2D eigenvalue weighted by molar-refractivity contribution is -0.134. The van der Waals surface area contributed by atoms with Gasteiger partial charge in [-0.15, -0.1) is 0 Å². The Morgan fingerprint density at radius 3 is 2.35 bits per heavy atom. The van der Waals surface area contributed by atoms with Crippen molar-refractivity contribution in [3.8, 4) is 11.1 Å².